The predicted molar refractivity (Wildman–Crippen MR) is 80.9 cm³/mol. The molecule has 0 spiro atoms. The molecule has 0 aliphatic carbocycles. The van der Waals surface area contributed by atoms with E-state index in [0.717, 1.165) is 18.5 Å². The van der Waals surface area contributed by atoms with Gasteiger partial charge in [0.05, 0.1) is 5.75 Å². The fraction of sp³-hybridized carbons (Fsp3) is 0.571. The van der Waals surface area contributed by atoms with Gasteiger partial charge in [-0.25, -0.2) is 8.42 Å². The molecule has 5 heteroatoms. The van der Waals surface area contributed by atoms with Crippen LogP contribution in [-0.2, 0) is 10.0 Å². The summed E-state index contributed by atoms with van der Waals surface area (Å²) in [5.74, 6) is 0.180. The van der Waals surface area contributed by atoms with Crippen molar-refractivity contribution in [3.05, 3.63) is 29.8 Å². The molecule has 1 rings (SSSR count). The fourth-order valence-electron chi connectivity index (χ4n) is 1.83. The molecule has 1 aromatic rings. The maximum absolute atomic E-state index is 11.8. The first-order valence-electron chi connectivity index (χ1n) is 6.82. The third-order valence-corrected chi connectivity index (χ3v) is 4.33. The van der Waals surface area contributed by atoms with Crippen molar-refractivity contribution < 1.29 is 8.42 Å². The number of sulfonamides is 1. The fourth-order valence-corrected chi connectivity index (χ4v) is 3.09. The largest absolute Gasteiger partial charge is 0.310 e. The van der Waals surface area contributed by atoms with Crippen molar-refractivity contribution in [1.82, 2.24) is 5.32 Å². The predicted octanol–water partition coefficient (Wildman–Crippen LogP) is 2.90. The molecule has 1 unspecified atom stereocenters. The zero-order chi connectivity index (χ0) is 14.3. The lowest BCUT2D eigenvalue weighted by molar-refractivity contribution is 0.597. The van der Waals surface area contributed by atoms with Crippen molar-refractivity contribution in [3.63, 3.8) is 0 Å². The van der Waals surface area contributed by atoms with Gasteiger partial charge in [-0.2, -0.15) is 0 Å². The zero-order valence-electron chi connectivity index (χ0n) is 11.9. The molecule has 0 aliphatic rings. The summed E-state index contributed by atoms with van der Waals surface area (Å²) in [6.07, 6.45) is 1.56. The van der Waals surface area contributed by atoms with Gasteiger partial charge in [-0.15, -0.1) is 0 Å². The Hall–Kier alpha value is -1.07. The second-order valence-electron chi connectivity index (χ2n) is 4.68. The molecule has 0 radical (unpaired) electrons. The third-order valence-electron chi connectivity index (χ3n) is 2.96. The Labute approximate surface area is 116 Å². The molecule has 0 bridgehead atoms. The lowest BCUT2D eigenvalue weighted by Gasteiger charge is -2.13. The Balaban J connectivity index is 2.66. The molecule has 1 atom stereocenters. The topological polar surface area (TPSA) is 58.2 Å². The third kappa shape index (κ3) is 5.61. The summed E-state index contributed by atoms with van der Waals surface area (Å²) in [5.41, 5.74) is 1.78. The van der Waals surface area contributed by atoms with E-state index < -0.39 is 10.0 Å². The van der Waals surface area contributed by atoms with Gasteiger partial charge in [-0.1, -0.05) is 32.4 Å². The first kappa shape index (κ1) is 16.0. The van der Waals surface area contributed by atoms with Gasteiger partial charge < -0.3 is 5.32 Å². The van der Waals surface area contributed by atoms with Crippen LogP contribution in [0.2, 0.25) is 0 Å². The maximum Gasteiger partial charge on any atom is 0.232 e. The van der Waals surface area contributed by atoms with Gasteiger partial charge in [-0.3, -0.25) is 4.72 Å². The molecule has 1 aromatic carbocycles. The van der Waals surface area contributed by atoms with E-state index in [-0.39, 0.29) is 11.8 Å². The van der Waals surface area contributed by atoms with Gasteiger partial charge in [0.15, 0.2) is 0 Å². The van der Waals surface area contributed by atoms with E-state index in [1.807, 2.05) is 31.2 Å². The van der Waals surface area contributed by atoms with Crippen LogP contribution >= 0.6 is 0 Å². The minimum Gasteiger partial charge on any atom is -0.310 e. The maximum atomic E-state index is 11.8. The van der Waals surface area contributed by atoms with Crippen LogP contribution in [0.25, 0.3) is 0 Å². The van der Waals surface area contributed by atoms with Gasteiger partial charge in [-0.05, 0) is 37.6 Å². The summed E-state index contributed by atoms with van der Waals surface area (Å²) < 4.78 is 26.1. The van der Waals surface area contributed by atoms with Crippen LogP contribution in [0.15, 0.2) is 24.3 Å². The van der Waals surface area contributed by atoms with Crippen LogP contribution in [-0.4, -0.2) is 20.7 Å². The average Bonchev–Trinajstić information content (AvgIpc) is 2.37. The Morgan fingerprint density at radius 2 is 1.79 bits per heavy atom. The molecule has 19 heavy (non-hydrogen) atoms. The minimum absolute atomic E-state index is 0.180. The molecule has 0 aromatic heterocycles. The summed E-state index contributed by atoms with van der Waals surface area (Å²) in [7, 11) is -3.21. The van der Waals surface area contributed by atoms with E-state index in [1.54, 1.807) is 0 Å². The molecular weight excluding hydrogens is 260 g/mol. The Morgan fingerprint density at radius 3 is 2.32 bits per heavy atom. The molecule has 0 amide bonds. The van der Waals surface area contributed by atoms with Gasteiger partial charge in [0.1, 0.15) is 0 Å². The average molecular weight is 284 g/mol. The van der Waals surface area contributed by atoms with Crippen molar-refractivity contribution >= 4 is 15.7 Å². The van der Waals surface area contributed by atoms with Crippen LogP contribution in [0.5, 0.6) is 0 Å². The Morgan fingerprint density at radius 1 is 1.16 bits per heavy atom. The van der Waals surface area contributed by atoms with E-state index in [0.29, 0.717) is 12.1 Å². The van der Waals surface area contributed by atoms with E-state index >= 15 is 0 Å². The quantitative estimate of drug-likeness (QED) is 0.771. The number of hydrogen-bond acceptors (Lipinski definition) is 3. The number of hydrogen-bond donors (Lipinski definition) is 2. The molecule has 0 heterocycles. The SMILES string of the molecule is CCCCS(=O)(=O)Nc1ccc(C(C)NCC)cc1. The summed E-state index contributed by atoms with van der Waals surface area (Å²) in [4.78, 5) is 0. The monoisotopic (exact) mass is 284 g/mol. The molecule has 108 valence electrons. The standard InChI is InChI=1S/C14H24N2O2S/c1-4-6-11-19(17,18)16-14-9-7-13(8-10-14)12(3)15-5-2/h7-10,12,15-16H,4-6,11H2,1-3H3. The van der Waals surface area contributed by atoms with Crippen LogP contribution in [0.3, 0.4) is 0 Å². The first-order chi connectivity index (χ1) is 8.98. The highest BCUT2D eigenvalue weighted by molar-refractivity contribution is 7.92. The molecule has 0 saturated carbocycles. The molecule has 0 aliphatic heterocycles. The van der Waals surface area contributed by atoms with Crippen molar-refractivity contribution in [2.45, 2.75) is 39.7 Å². The summed E-state index contributed by atoms with van der Waals surface area (Å²) in [6, 6.07) is 7.80. The normalized spacial score (nSPS) is 13.2. The number of unbranched alkanes of at least 4 members (excludes halogenated alkanes) is 1. The van der Waals surface area contributed by atoms with Gasteiger partial charge in [0.25, 0.3) is 0 Å². The number of rotatable bonds is 8. The van der Waals surface area contributed by atoms with Crippen molar-refractivity contribution in [1.29, 1.82) is 0 Å². The molecule has 4 nitrogen and oxygen atoms in total. The number of anilines is 1. The van der Waals surface area contributed by atoms with Crippen LogP contribution < -0.4 is 10.0 Å². The smallest absolute Gasteiger partial charge is 0.232 e. The second kappa shape index (κ2) is 7.50. The van der Waals surface area contributed by atoms with E-state index in [9.17, 15) is 8.42 Å². The Kier molecular flexibility index (Phi) is 6.31. The molecule has 0 saturated heterocycles. The highest BCUT2D eigenvalue weighted by Crippen LogP contribution is 2.17. The van der Waals surface area contributed by atoms with Crippen LogP contribution in [0.4, 0.5) is 5.69 Å². The molecule has 2 N–H and O–H groups in total. The van der Waals surface area contributed by atoms with Gasteiger partial charge in [0.2, 0.25) is 10.0 Å². The zero-order valence-corrected chi connectivity index (χ0v) is 12.8. The van der Waals surface area contributed by atoms with Crippen molar-refractivity contribution in [3.8, 4) is 0 Å². The summed E-state index contributed by atoms with van der Waals surface area (Å²) in [5, 5.41) is 3.32. The van der Waals surface area contributed by atoms with Crippen LogP contribution in [0, 0.1) is 0 Å². The highest BCUT2D eigenvalue weighted by atomic mass is 32.2. The first-order valence-corrected chi connectivity index (χ1v) is 8.47. The van der Waals surface area contributed by atoms with E-state index in [2.05, 4.69) is 23.9 Å². The highest BCUT2D eigenvalue weighted by Gasteiger charge is 2.10. The van der Waals surface area contributed by atoms with Crippen molar-refractivity contribution in [2.24, 2.45) is 0 Å². The van der Waals surface area contributed by atoms with E-state index in [1.165, 1.54) is 0 Å². The lowest BCUT2D eigenvalue weighted by Crippen LogP contribution is -2.18. The van der Waals surface area contributed by atoms with Gasteiger partial charge >= 0.3 is 0 Å². The van der Waals surface area contributed by atoms with Gasteiger partial charge in [0, 0.05) is 11.7 Å². The number of benzene rings is 1. The molecular formula is C14H24N2O2S. The molecule has 0 fully saturated rings. The lowest BCUT2D eigenvalue weighted by atomic mass is 10.1. The van der Waals surface area contributed by atoms with Crippen molar-refractivity contribution in [2.75, 3.05) is 17.0 Å². The minimum atomic E-state index is -3.21. The second-order valence-corrected chi connectivity index (χ2v) is 6.52. The summed E-state index contributed by atoms with van der Waals surface area (Å²) >= 11 is 0. The number of nitrogens with one attached hydrogen (secondary N) is 2. The summed E-state index contributed by atoms with van der Waals surface area (Å²) in [6.45, 7) is 7.04. The Bertz CT molecular complexity index is 469. The van der Waals surface area contributed by atoms with E-state index in [4.69, 9.17) is 0 Å². The van der Waals surface area contributed by atoms with Crippen LogP contribution in [0.1, 0.15) is 45.2 Å².